The lowest BCUT2D eigenvalue weighted by Gasteiger charge is -2.54. The van der Waals surface area contributed by atoms with Crippen LogP contribution in [0, 0.1) is 5.92 Å². The van der Waals surface area contributed by atoms with E-state index in [1.165, 1.54) is 0 Å². The summed E-state index contributed by atoms with van der Waals surface area (Å²) < 4.78 is 11.6. The third kappa shape index (κ3) is 2.65. The zero-order valence-corrected chi connectivity index (χ0v) is 17.2. The molecule has 30 heavy (non-hydrogen) atoms. The number of amides is 1. The maximum Gasteiger partial charge on any atom is 0.256 e. The third-order valence-corrected chi connectivity index (χ3v) is 6.81. The van der Waals surface area contributed by atoms with Crippen molar-refractivity contribution in [2.45, 2.75) is 30.9 Å². The second kappa shape index (κ2) is 6.94. The van der Waals surface area contributed by atoms with Crippen LogP contribution < -0.4 is 9.47 Å². The first-order valence-electron chi connectivity index (χ1n) is 10.4. The van der Waals surface area contributed by atoms with Crippen molar-refractivity contribution in [1.29, 1.82) is 0 Å². The third-order valence-electron chi connectivity index (χ3n) is 6.81. The zero-order valence-electron chi connectivity index (χ0n) is 17.2. The molecule has 1 saturated carbocycles. The summed E-state index contributed by atoms with van der Waals surface area (Å²) in [6.45, 7) is 0. The van der Waals surface area contributed by atoms with Crippen molar-refractivity contribution in [3.05, 3.63) is 77.1 Å². The van der Waals surface area contributed by atoms with Crippen LogP contribution in [-0.4, -0.2) is 35.8 Å². The SMILES string of the molecule is COc1ccc(C=CC(O)=C2C(=O)N(C)C34CCCC3C2c2ccccc2O4)cc1. The van der Waals surface area contributed by atoms with Crippen LogP contribution in [0.15, 0.2) is 65.9 Å². The summed E-state index contributed by atoms with van der Waals surface area (Å²) in [5, 5.41) is 11.1. The maximum atomic E-state index is 13.4. The Balaban J connectivity index is 1.60. The first-order valence-corrected chi connectivity index (χ1v) is 10.4. The largest absolute Gasteiger partial charge is 0.507 e. The van der Waals surface area contributed by atoms with E-state index in [0.29, 0.717) is 5.57 Å². The van der Waals surface area contributed by atoms with Gasteiger partial charge in [0, 0.05) is 30.9 Å². The van der Waals surface area contributed by atoms with E-state index in [2.05, 4.69) is 0 Å². The van der Waals surface area contributed by atoms with E-state index in [4.69, 9.17) is 9.47 Å². The number of allylic oxidation sites excluding steroid dienone is 1. The molecule has 2 heterocycles. The average molecular weight is 403 g/mol. The molecule has 2 aromatic rings. The number of carbonyl (C=O) groups excluding carboxylic acids is 1. The molecule has 2 bridgehead atoms. The minimum absolute atomic E-state index is 0.0184. The molecule has 2 aromatic carbocycles. The van der Waals surface area contributed by atoms with Crippen LogP contribution in [0.2, 0.25) is 0 Å². The van der Waals surface area contributed by atoms with Gasteiger partial charge in [-0.1, -0.05) is 36.4 Å². The van der Waals surface area contributed by atoms with Crippen molar-refractivity contribution >= 4 is 12.0 Å². The Morgan fingerprint density at radius 3 is 2.77 bits per heavy atom. The van der Waals surface area contributed by atoms with Crippen molar-refractivity contribution in [1.82, 2.24) is 4.90 Å². The first-order chi connectivity index (χ1) is 14.5. The molecule has 3 atom stereocenters. The molecule has 5 nitrogen and oxygen atoms in total. The minimum atomic E-state index is -0.612. The number of para-hydroxylation sites is 1. The van der Waals surface area contributed by atoms with Gasteiger partial charge in [0.15, 0.2) is 5.72 Å². The summed E-state index contributed by atoms with van der Waals surface area (Å²) >= 11 is 0. The molecule has 5 heteroatoms. The Kier molecular flexibility index (Phi) is 4.35. The van der Waals surface area contributed by atoms with E-state index in [9.17, 15) is 9.90 Å². The number of ether oxygens (including phenoxy) is 2. The number of fused-ring (bicyclic) bond motifs is 2. The number of likely N-dealkylation sites (tertiary alicyclic amines) is 1. The number of rotatable bonds is 3. The topological polar surface area (TPSA) is 59.0 Å². The summed E-state index contributed by atoms with van der Waals surface area (Å²) in [6.07, 6.45) is 6.23. The quantitative estimate of drug-likeness (QED) is 0.598. The summed E-state index contributed by atoms with van der Waals surface area (Å²) in [5.41, 5.74) is 1.75. The van der Waals surface area contributed by atoms with Crippen molar-refractivity contribution in [2.75, 3.05) is 14.2 Å². The predicted molar refractivity (Wildman–Crippen MR) is 114 cm³/mol. The van der Waals surface area contributed by atoms with Gasteiger partial charge in [0.05, 0.1) is 12.7 Å². The van der Waals surface area contributed by atoms with Crippen LogP contribution >= 0.6 is 0 Å². The molecular formula is C25H25NO4. The molecule has 0 aromatic heterocycles. The molecule has 0 spiro atoms. The highest BCUT2D eigenvalue weighted by Gasteiger charge is 2.62. The van der Waals surface area contributed by atoms with E-state index in [1.54, 1.807) is 25.1 Å². The monoisotopic (exact) mass is 403 g/mol. The number of piperidine rings is 1. The van der Waals surface area contributed by atoms with Gasteiger partial charge in [-0.2, -0.15) is 0 Å². The van der Waals surface area contributed by atoms with Gasteiger partial charge >= 0.3 is 0 Å². The number of aliphatic hydroxyl groups excluding tert-OH is 1. The highest BCUT2D eigenvalue weighted by atomic mass is 16.5. The van der Waals surface area contributed by atoms with Crippen LogP contribution in [0.3, 0.4) is 0 Å². The summed E-state index contributed by atoms with van der Waals surface area (Å²) in [4.78, 5) is 15.1. The molecule has 5 rings (SSSR count). The van der Waals surface area contributed by atoms with E-state index in [0.717, 1.165) is 41.9 Å². The van der Waals surface area contributed by atoms with Crippen LogP contribution in [0.5, 0.6) is 11.5 Å². The van der Waals surface area contributed by atoms with Gasteiger partial charge in [-0.25, -0.2) is 0 Å². The molecule has 1 N–H and O–H groups in total. The molecule has 3 aliphatic rings. The van der Waals surface area contributed by atoms with Crippen molar-refractivity contribution in [2.24, 2.45) is 5.92 Å². The molecule has 1 saturated heterocycles. The highest BCUT2D eigenvalue weighted by Crippen LogP contribution is 2.59. The summed E-state index contributed by atoms with van der Waals surface area (Å²) in [6, 6.07) is 15.5. The number of benzene rings is 2. The second-order valence-electron chi connectivity index (χ2n) is 8.23. The molecule has 2 fully saturated rings. The normalized spacial score (nSPS) is 28.7. The van der Waals surface area contributed by atoms with Gasteiger partial charge in [-0.05, 0) is 42.7 Å². The van der Waals surface area contributed by atoms with E-state index >= 15 is 0 Å². The Hall–Kier alpha value is -3.21. The Morgan fingerprint density at radius 1 is 1.23 bits per heavy atom. The fraction of sp³-hybridized carbons (Fsp3) is 0.320. The number of aliphatic hydroxyl groups is 1. The van der Waals surface area contributed by atoms with Gasteiger partial charge in [0.25, 0.3) is 5.91 Å². The lowest BCUT2D eigenvalue weighted by molar-refractivity contribution is -0.166. The van der Waals surface area contributed by atoms with Gasteiger partial charge in [-0.15, -0.1) is 0 Å². The first kappa shape index (κ1) is 18.8. The predicted octanol–water partition coefficient (Wildman–Crippen LogP) is 4.67. The van der Waals surface area contributed by atoms with Crippen LogP contribution in [0.4, 0.5) is 0 Å². The molecule has 1 amide bonds. The fourth-order valence-electron chi connectivity index (χ4n) is 5.35. The van der Waals surface area contributed by atoms with Crippen molar-refractivity contribution in [3.63, 3.8) is 0 Å². The average Bonchev–Trinajstić information content (AvgIpc) is 3.22. The Labute approximate surface area is 176 Å². The summed E-state index contributed by atoms with van der Waals surface area (Å²) in [5.74, 6) is 1.41. The number of hydrogen-bond acceptors (Lipinski definition) is 4. The Morgan fingerprint density at radius 2 is 2.00 bits per heavy atom. The lowest BCUT2D eigenvalue weighted by atomic mass is 9.69. The smallest absolute Gasteiger partial charge is 0.256 e. The second-order valence-corrected chi connectivity index (χ2v) is 8.23. The number of carbonyl (C=O) groups is 1. The molecule has 0 radical (unpaired) electrons. The van der Waals surface area contributed by atoms with E-state index in [-0.39, 0.29) is 23.5 Å². The number of likely N-dealkylation sites (N-methyl/N-ethyl adjacent to an activating group) is 1. The summed E-state index contributed by atoms with van der Waals surface area (Å²) in [7, 11) is 3.42. The highest BCUT2D eigenvalue weighted by molar-refractivity contribution is 5.98. The van der Waals surface area contributed by atoms with Crippen LogP contribution in [0.25, 0.3) is 6.08 Å². The maximum absolute atomic E-state index is 13.4. The van der Waals surface area contributed by atoms with Crippen molar-refractivity contribution in [3.8, 4) is 11.5 Å². The lowest BCUT2D eigenvalue weighted by Crippen LogP contribution is -2.64. The van der Waals surface area contributed by atoms with E-state index < -0.39 is 5.72 Å². The Bertz CT molecular complexity index is 1060. The van der Waals surface area contributed by atoms with Crippen LogP contribution in [-0.2, 0) is 4.79 Å². The molecular weight excluding hydrogens is 378 g/mol. The van der Waals surface area contributed by atoms with Gasteiger partial charge in [0.1, 0.15) is 17.3 Å². The number of hydrogen-bond donors (Lipinski definition) is 1. The van der Waals surface area contributed by atoms with Gasteiger partial charge in [-0.3, -0.25) is 4.79 Å². The van der Waals surface area contributed by atoms with Gasteiger partial charge < -0.3 is 19.5 Å². The number of nitrogens with zero attached hydrogens (tertiary/aromatic N) is 1. The standard InChI is InChI=1S/C25H25NO4/c1-26-24(28)23(20(27)14-11-16-9-12-17(29-2)13-10-16)22-18-6-3-4-8-21(18)30-25(26)15-5-7-19(22)25/h3-4,6,8-14,19,22,27H,5,7,15H2,1-2H3. The van der Waals surface area contributed by atoms with Crippen molar-refractivity contribution < 1.29 is 19.4 Å². The van der Waals surface area contributed by atoms with Gasteiger partial charge in [0.2, 0.25) is 0 Å². The number of methoxy groups -OCH3 is 1. The minimum Gasteiger partial charge on any atom is -0.507 e. The molecule has 3 unspecified atom stereocenters. The fourth-order valence-corrected chi connectivity index (χ4v) is 5.35. The molecule has 1 aliphatic carbocycles. The zero-order chi connectivity index (χ0) is 20.9. The molecule has 154 valence electrons. The van der Waals surface area contributed by atoms with Crippen LogP contribution in [0.1, 0.15) is 36.3 Å². The van der Waals surface area contributed by atoms with E-state index in [1.807, 2.05) is 54.6 Å². The molecule has 2 aliphatic heterocycles.